The van der Waals surface area contributed by atoms with Crippen molar-refractivity contribution in [3.05, 3.63) is 88.8 Å². The zero-order valence-corrected chi connectivity index (χ0v) is 16.3. The molecule has 0 radical (unpaired) electrons. The molecule has 3 rings (SSSR count). The van der Waals surface area contributed by atoms with Crippen molar-refractivity contribution < 1.29 is 23.5 Å². The first-order chi connectivity index (χ1) is 14.5. The second-order valence-electron chi connectivity index (χ2n) is 5.89. The maximum absolute atomic E-state index is 12.1. The number of rotatable bonds is 7. The molecule has 0 aliphatic carbocycles. The topological polar surface area (TPSA) is 110 Å². The summed E-state index contributed by atoms with van der Waals surface area (Å²) in [5.41, 5.74) is 3.22. The Balaban J connectivity index is 1.46. The fraction of sp³-hybridized carbons (Fsp3) is 0.0476. The summed E-state index contributed by atoms with van der Waals surface area (Å²) in [5, 5.41) is 6.52. The van der Waals surface area contributed by atoms with Crippen LogP contribution in [0.15, 0.2) is 76.4 Å². The lowest BCUT2D eigenvalue weighted by molar-refractivity contribution is -0.120. The fourth-order valence-corrected chi connectivity index (χ4v) is 2.50. The summed E-state index contributed by atoms with van der Waals surface area (Å²) in [7, 11) is 0. The first kappa shape index (κ1) is 20.8. The molecular weight excluding hydrogens is 410 g/mol. The van der Waals surface area contributed by atoms with Gasteiger partial charge in [0, 0.05) is 0 Å². The molecule has 0 unspecified atom stereocenters. The van der Waals surface area contributed by atoms with Gasteiger partial charge in [0.1, 0.15) is 5.75 Å². The summed E-state index contributed by atoms with van der Waals surface area (Å²) in [6.07, 6.45) is 2.77. The Morgan fingerprint density at radius 2 is 1.80 bits per heavy atom. The van der Waals surface area contributed by atoms with E-state index in [9.17, 15) is 14.4 Å². The molecule has 8 nitrogen and oxygen atoms in total. The van der Waals surface area contributed by atoms with E-state index in [0.29, 0.717) is 16.3 Å². The summed E-state index contributed by atoms with van der Waals surface area (Å²) in [6, 6.07) is 16.1. The average molecular weight is 426 g/mol. The standard InChI is InChI=1S/C21H16ClN3O5/c22-17-5-2-1-4-16(17)21(28)30-15-9-7-14(8-10-15)12-24-25-19(26)13-23-20(27)18-6-3-11-29-18/h1-12H,13H2,(H,23,27)(H,25,26)/b24-12-. The van der Waals surface area contributed by atoms with E-state index in [2.05, 4.69) is 15.8 Å². The van der Waals surface area contributed by atoms with Crippen LogP contribution in [0.4, 0.5) is 0 Å². The zero-order valence-electron chi connectivity index (χ0n) is 15.5. The van der Waals surface area contributed by atoms with Crippen LogP contribution in [0, 0.1) is 0 Å². The number of furan rings is 1. The third-order valence-electron chi connectivity index (χ3n) is 3.74. The highest BCUT2D eigenvalue weighted by molar-refractivity contribution is 6.33. The maximum atomic E-state index is 12.1. The van der Waals surface area contributed by atoms with Gasteiger partial charge in [-0.3, -0.25) is 9.59 Å². The van der Waals surface area contributed by atoms with Gasteiger partial charge in [-0.05, 0) is 54.1 Å². The highest BCUT2D eigenvalue weighted by Crippen LogP contribution is 2.18. The Kier molecular flexibility index (Phi) is 6.96. The number of nitrogens with one attached hydrogen (secondary N) is 2. The van der Waals surface area contributed by atoms with Crippen LogP contribution in [0.1, 0.15) is 26.5 Å². The average Bonchev–Trinajstić information content (AvgIpc) is 3.28. The molecule has 2 aromatic carbocycles. The molecule has 0 saturated heterocycles. The lowest BCUT2D eigenvalue weighted by Gasteiger charge is -2.06. The van der Waals surface area contributed by atoms with Crippen molar-refractivity contribution in [3.8, 4) is 5.75 Å². The monoisotopic (exact) mass is 425 g/mol. The number of nitrogens with zero attached hydrogens (tertiary/aromatic N) is 1. The van der Waals surface area contributed by atoms with Crippen LogP contribution < -0.4 is 15.5 Å². The van der Waals surface area contributed by atoms with Crippen molar-refractivity contribution >= 4 is 35.6 Å². The van der Waals surface area contributed by atoms with Gasteiger partial charge in [-0.1, -0.05) is 23.7 Å². The minimum atomic E-state index is -0.564. The number of hydrogen-bond donors (Lipinski definition) is 2. The van der Waals surface area contributed by atoms with E-state index >= 15 is 0 Å². The highest BCUT2D eigenvalue weighted by Gasteiger charge is 2.12. The summed E-state index contributed by atoms with van der Waals surface area (Å²) >= 11 is 5.98. The molecule has 30 heavy (non-hydrogen) atoms. The first-order valence-corrected chi connectivity index (χ1v) is 9.11. The van der Waals surface area contributed by atoms with Crippen molar-refractivity contribution in [1.29, 1.82) is 0 Å². The number of halogens is 1. The number of esters is 1. The maximum Gasteiger partial charge on any atom is 0.345 e. The molecule has 1 heterocycles. The summed E-state index contributed by atoms with van der Waals surface area (Å²) in [4.78, 5) is 35.5. The normalized spacial score (nSPS) is 10.6. The second kappa shape index (κ2) is 10.0. The molecular formula is C21H16ClN3O5. The third kappa shape index (κ3) is 5.79. The summed E-state index contributed by atoms with van der Waals surface area (Å²) in [6.45, 7) is -0.256. The van der Waals surface area contributed by atoms with Crippen LogP contribution in [0.25, 0.3) is 0 Å². The predicted molar refractivity (Wildman–Crippen MR) is 110 cm³/mol. The van der Waals surface area contributed by atoms with Gasteiger partial charge < -0.3 is 14.5 Å². The minimum absolute atomic E-state index is 0.113. The highest BCUT2D eigenvalue weighted by atomic mass is 35.5. The lowest BCUT2D eigenvalue weighted by Crippen LogP contribution is -2.34. The Labute approximate surface area is 176 Å². The van der Waals surface area contributed by atoms with E-state index in [1.165, 1.54) is 18.5 Å². The number of hydrogen-bond acceptors (Lipinski definition) is 6. The summed E-state index contributed by atoms with van der Waals surface area (Å²) < 4.78 is 10.2. The van der Waals surface area contributed by atoms with Gasteiger partial charge in [-0.2, -0.15) is 5.10 Å². The Morgan fingerprint density at radius 3 is 2.50 bits per heavy atom. The van der Waals surface area contributed by atoms with Crippen molar-refractivity contribution in [2.24, 2.45) is 5.10 Å². The largest absolute Gasteiger partial charge is 0.459 e. The predicted octanol–water partition coefficient (Wildman–Crippen LogP) is 3.03. The molecule has 3 aromatic rings. The van der Waals surface area contributed by atoms with Gasteiger partial charge in [0.15, 0.2) is 5.76 Å². The Bertz CT molecular complexity index is 1060. The van der Waals surface area contributed by atoms with Gasteiger partial charge in [-0.25, -0.2) is 10.2 Å². The fourth-order valence-electron chi connectivity index (χ4n) is 2.28. The Morgan fingerprint density at radius 1 is 1.03 bits per heavy atom. The van der Waals surface area contributed by atoms with Gasteiger partial charge in [0.05, 0.1) is 29.6 Å². The van der Waals surface area contributed by atoms with E-state index < -0.39 is 17.8 Å². The molecule has 0 aliphatic rings. The molecule has 0 fully saturated rings. The smallest absolute Gasteiger partial charge is 0.345 e. The molecule has 0 atom stereocenters. The van der Waals surface area contributed by atoms with Gasteiger partial charge in [0.2, 0.25) is 0 Å². The number of hydrazone groups is 1. The van der Waals surface area contributed by atoms with Crippen LogP contribution in [0.2, 0.25) is 5.02 Å². The van der Waals surface area contributed by atoms with Crippen LogP contribution >= 0.6 is 11.6 Å². The van der Waals surface area contributed by atoms with E-state index in [1.807, 2.05) is 0 Å². The molecule has 0 spiro atoms. The van der Waals surface area contributed by atoms with Crippen molar-refractivity contribution in [2.45, 2.75) is 0 Å². The zero-order chi connectivity index (χ0) is 21.3. The minimum Gasteiger partial charge on any atom is -0.459 e. The van der Waals surface area contributed by atoms with E-state index in [0.717, 1.165) is 0 Å². The van der Waals surface area contributed by atoms with Crippen molar-refractivity contribution in [2.75, 3.05) is 6.54 Å². The van der Waals surface area contributed by atoms with Crippen LogP contribution in [-0.4, -0.2) is 30.5 Å². The van der Waals surface area contributed by atoms with Gasteiger partial charge >= 0.3 is 5.97 Å². The van der Waals surface area contributed by atoms with Crippen LogP contribution in [0.3, 0.4) is 0 Å². The number of carbonyl (C=O) groups excluding carboxylic acids is 3. The molecule has 2 amide bonds. The van der Waals surface area contributed by atoms with Gasteiger partial charge in [-0.15, -0.1) is 0 Å². The first-order valence-electron chi connectivity index (χ1n) is 8.73. The quantitative estimate of drug-likeness (QED) is 0.261. The van der Waals surface area contributed by atoms with E-state index in [4.69, 9.17) is 20.8 Å². The third-order valence-corrected chi connectivity index (χ3v) is 4.07. The van der Waals surface area contributed by atoms with Crippen LogP contribution in [0.5, 0.6) is 5.75 Å². The summed E-state index contributed by atoms with van der Waals surface area (Å²) in [5.74, 6) is -1.12. The van der Waals surface area contributed by atoms with E-state index in [-0.39, 0.29) is 17.9 Å². The molecule has 0 aliphatic heterocycles. The molecule has 1 aromatic heterocycles. The van der Waals surface area contributed by atoms with Gasteiger partial charge in [0.25, 0.3) is 11.8 Å². The second-order valence-corrected chi connectivity index (χ2v) is 6.30. The van der Waals surface area contributed by atoms with Crippen molar-refractivity contribution in [1.82, 2.24) is 10.7 Å². The van der Waals surface area contributed by atoms with Crippen molar-refractivity contribution in [3.63, 3.8) is 0 Å². The number of amides is 2. The molecule has 152 valence electrons. The number of benzene rings is 2. The molecule has 9 heteroatoms. The number of ether oxygens (including phenoxy) is 1. The Hall–Kier alpha value is -3.91. The molecule has 0 saturated carbocycles. The number of carbonyl (C=O) groups is 3. The molecule has 2 N–H and O–H groups in total. The van der Waals surface area contributed by atoms with Crippen LogP contribution in [-0.2, 0) is 4.79 Å². The molecule has 0 bridgehead atoms. The lowest BCUT2D eigenvalue weighted by atomic mass is 10.2. The van der Waals surface area contributed by atoms with E-state index in [1.54, 1.807) is 54.6 Å². The SMILES string of the molecule is O=C(CNC(=O)c1ccco1)N/N=C\c1ccc(OC(=O)c2ccccc2Cl)cc1.